The van der Waals surface area contributed by atoms with E-state index in [0.717, 1.165) is 5.46 Å². The summed E-state index contributed by atoms with van der Waals surface area (Å²) in [6.07, 6.45) is -1.73. The lowest BCUT2D eigenvalue weighted by molar-refractivity contribution is -0.146. The molecular formula is C16H16BBrFNO3. The van der Waals surface area contributed by atoms with Crippen molar-refractivity contribution in [3.05, 3.63) is 46.4 Å². The van der Waals surface area contributed by atoms with Gasteiger partial charge in [0.2, 0.25) is 6.17 Å². The van der Waals surface area contributed by atoms with Crippen molar-refractivity contribution in [1.29, 1.82) is 0 Å². The average molecular weight is 380 g/mol. The summed E-state index contributed by atoms with van der Waals surface area (Å²) in [7, 11) is 3.02. The zero-order chi connectivity index (χ0) is 17.0. The summed E-state index contributed by atoms with van der Waals surface area (Å²) in [5.41, 5.74) is 7.80. The van der Waals surface area contributed by atoms with Crippen LogP contribution < -0.4 is 15.9 Å². The minimum Gasteiger partial charge on any atom is -0.467 e. The molecular weight excluding hydrogens is 364 g/mol. The zero-order valence-electron chi connectivity index (χ0n) is 12.8. The van der Waals surface area contributed by atoms with Gasteiger partial charge in [0.1, 0.15) is 19.3 Å². The molecule has 0 spiro atoms. The van der Waals surface area contributed by atoms with E-state index in [9.17, 15) is 9.18 Å². The molecule has 2 rings (SSSR count). The highest BCUT2D eigenvalue weighted by atomic mass is 79.9. The van der Waals surface area contributed by atoms with Crippen molar-refractivity contribution in [2.75, 3.05) is 12.8 Å². The van der Waals surface area contributed by atoms with Crippen molar-refractivity contribution in [2.24, 2.45) is 0 Å². The van der Waals surface area contributed by atoms with Crippen LogP contribution in [0.15, 0.2) is 40.9 Å². The minimum atomic E-state index is -1.69. The monoisotopic (exact) mass is 379 g/mol. The second-order valence-corrected chi connectivity index (χ2v) is 5.94. The van der Waals surface area contributed by atoms with E-state index < -0.39 is 12.1 Å². The van der Waals surface area contributed by atoms with Gasteiger partial charge in [0.05, 0.1) is 11.6 Å². The maximum Gasteiger partial charge on any atom is 0.340 e. The third-order valence-corrected chi connectivity index (χ3v) is 3.85. The Morgan fingerprint density at radius 3 is 2.57 bits per heavy atom. The predicted octanol–water partition coefficient (Wildman–Crippen LogP) is 2.14. The number of ether oxygens (including phenoxy) is 2. The molecule has 0 aliphatic carbocycles. The van der Waals surface area contributed by atoms with Crippen molar-refractivity contribution in [3.8, 4) is 11.5 Å². The van der Waals surface area contributed by atoms with E-state index in [0.29, 0.717) is 27.2 Å². The first-order valence-corrected chi connectivity index (χ1v) is 7.74. The van der Waals surface area contributed by atoms with Crippen LogP contribution in [0.5, 0.6) is 11.5 Å². The van der Waals surface area contributed by atoms with Crippen LogP contribution in [0.1, 0.15) is 5.56 Å². The molecule has 4 nitrogen and oxygen atoms in total. The molecule has 0 aliphatic rings. The molecule has 0 radical (unpaired) electrons. The zero-order valence-corrected chi connectivity index (χ0v) is 14.4. The summed E-state index contributed by atoms with van der Waals surface area (Å²) in [6, 6.07) is 10.5. The highest BCUT2D eigenvalue weighted by Crippen LogP contribution is 2.29. The van der Waals surface area contributed by atoms with E-state index in [4.69, 9.17) is 10.5 Å². The second-order valence-electron chi connectivity index (χ2n) is 5.09. The molecule has 0 fully saturated rings. The lowest BCUT2D eigenvalue weighted by atomic mass is 9.91. The third-order valence-electron chi connectivity index (χ3n) is 3.26. The van der Waals surface area contributed by atoms with Gasteiger partial charge in [-0.2, -0.15) is 0 Å². The van der Waals surface area contributed by atoms with Crippen molar-refractivity contribution in [1.82, 2.24) is 0 Å². The number of halogens is 2. The molecule has 0 bridgehead atoms. The molecule has 23 heavy (non-hydrogen) atoms. The Morgan fingerprint density at radius 1 is 1.35 bits per heavy atom. The average Bonchev–Trinajstić information content (AvgIpc) is 2.51. The molecule has 0 saturated heterocycles. The first-order chi connectivity index (χ1) is 10.9. The number of rotatable bonds is 5. The van der Waals surface area contributed by atoms with Crippen molar-refractivity contribution in [3.63, 3.8) is 0 Å². The molecule has 0 amide bonds. The molecule has 2 aromatic rings. The quantitative estimate of drug-likeness (QED) is 0.491. The molecule has 2 N–H and O–H groups in total. The Balaban J connectivity index is 2.20. The summed E-state index contributed by atoms with van der Waals surface area (Å²) in [5, 5.41) is 0. The van der Waals surface area contributed by atoms with Crippen LogP contribution in [0.25, 0.3) is 0 Å². The standard InChI is InChI=1S/C16H16BBrFNO3/c1-22-16(21)14(19)8-9-6-12(17)15(13(18)7-9)23-11-4-2-10(20)3-5-11/h2-7,14H,8,17,20H2,1H3. The van der Waals surface area contributed by atoms with Crippen molar-refractivity contribution >= 4 is 40.9 Å². The molecule has 1 atom stereocenters. The largest absolute Gasteiger partial charge is 0.467 e. The summed E-state index contributed by atoms with van der Waals surface area (Å²) in [5.74, 6) is 0.404. The topological polar surface area (TPSA) is 61.5 Å². The number of anilines is 1. The first-order valence-electron chi connectivity index (χ1n) is 6.95. The number of carbonyl (C=O) groups excluding carboxylic acids is 1. The van der Waals surface area contributed by atoms with Gasteiger partial charge in [-0.05, 0) is 57.3 Å². The van der Waals surface area contributed by atoms with E-state index in [-0.39, 0.29) is 6.42 Å². The third kappa shape index (κ3) is 4.48. The highest BCUT2D eigenvalue weighted by Gasteiger charge is 2.19. The summed E-state index contributed by atoms with van der Waals surface area (Å²) >= 11 is 3.43. The van der Waals surface area contributed by atoms with Crippen LogP contribution in [0.2, 0.25) is 0 Å². The summed E-state index contributed by atoms with van der Waals surface area (Å²) in [6.45, 7) is 0. The Bertz CT molecular complexity index is 686. The van der Waals surface area contributed by atoms with Crippen molar-refractivity contribution < 1.29 is 18.7 Å². The van der Waals surface area contributed by atoms with Gasteiger partial charge >= 0.3 is 5.97 Å². The molecule has 0 aromatic heterocycles. The Kier molecular flexibility index (Phi) is 5.66. The fraction of sp³-hybridized carbons (Fsp3) is 0.188. The van der Waals surface area contributed by atoms with Gasteiger partial charge in [0.15, 0.2) is 0 Å². The minimum absolute atomic E-state index is 0.0474. The second kappa shape index (κ2) is 7.50. The molecule has 0 saturated carbocycles. The Morgan fingerprint density at radius 2 is 2.00 bits per heavy atom. The van der Waals surface area contributed by atoms with Gasteiger partial charge in [-0.3, -0.25) is 0 Å². The summed E-state index contributed by atoms with van der Waals surface area (Å²) in [4.78, 5) is 11.2. The van der Waals surface area contributed by atoms with Gasteiger partial charge in [-0.25, -0.2) is 9.18 Å². The van der Waals surface area contributed by atoms with Gasteiger partial charge in [0, 0.05) is 12.1 Å². The Labute approximate surface area is 143 Å². The van der Waals surface area contributed by atoms with E-state index in [1.807, 2.05) is 7.85 Å². The molecule has 0 aliphatic heterocycles. The number of nitrogens with two attached hydrogens (primary N) is 1. The van der Waals surface area contributed by atoms with Crippen LogP contribution in [0.3, 0.4) is 0 Å². The van der Waals surface area contributed by atoms with E-state index >= 15 is 0 Å². The molecule has 120 valence electrons. The number of alkyl halides is 1. The van der Waals surface area contributed by atoms with Gasteiger partial charge in [-0.15, -0.1) is 0 Å². The fourth-order valence-electron chi connectivity index (χ4n) is 2.12. The number of nitrogen functional groups attached to an aromatic ring is 1. The SMILES string of the molecule is Bc1cc(CC(F)C(=O)OC)cc(Br)c1Oc1ccc(N)cc1. The molecule has 2 aromatic carbocycles. The normalized spacial score (nSPS) is 11.8. The summed E-state index contributed by atoms with van der Waals surface area (Å²) < 4.78 is 24.6. The molecule has 0 heterocycles. The predicted molar refractivity (Wildman–Crippen MR) is 93.9 cm³/mol. The van der Waals surface area contributed by atoms with Gasteiger partial charge in [-0.1, -0.05) is 6.07 Å². The van der Waals surface area contributed by atoms with E-state index in [1.54, 1.807) is 36.4 Å². The number of benzene rings is 2. The van der Waals surface area contributed by atoms with E-state index in [1.165, 1.54) is 7.11 Å². The van der Waals surface area contributed by atoms with Crippen LogP contribution in [-0.2, 0) is 16.0 Å². The van der Waals surface area contributed by atoms with Gasteiger partial charge in [0.25, 0.3) is 0 Å². The number of carbonyl (C=O) groups is 1. The van der Waals surface area contributed by atoms with Crippen LogP contribution in [0, 0.1) is 0 Å². The van der Waals surface area contributed by atoms with Gasteiger partial charge < -0.3 is 15.2 Å². The van der Waals surface area contributed by atoms with E-state index in [2.05, 4.69) is 20.7 Å². The fourth-order valence-corrected chi connectivity index (χ4v) is 2.81. The molecule has 1 unspecified atom stereocenters. The van der Waals surface area contributed by atoms with Crippen molar-refractivity contribution in [2.45, 2.75) is 12.6 Å². The Hall–Kier alpha value is -2.02. The van der Waals surface area contributed by atoms with Crippen LogP contribution >= 0.6 is 15.9 Å². The van der Waals surface area contributed by atoms with Crippen LogP contribution in [-0.4, -0.2) is 27.1 Å². The lowest BCUT2D eigenvalue weighted by Gasteiger charge is -2.14. The first kappa shape index (κ1) is 17.3. The number of hydrogen-bond acceptors (Lipinski definition) is 4. The smallest absolute Gasteiger partial charge is 0.340 e. The highest BCUT2D eigenvalue weighted by molar-refractivity contribution is 9.10. The maximum absolute atomic E-state index is 13.7. The maximum atomic E-state index is 13.7. The lowest BCUT2D eigenvalue weighted by Crippen LogP contribution is -2.20. The molecule has 7 heteroatoms. The number of esters is 1. The number of hydrogen-bond donors (Lipinski definition) is 1. The van der Waals surface area contributed by atoms with Crippen LogP contribution in [0.4, 0.5) is 10.1 Å². The number of methoxy groups -OCH3 is 1.